The normalized spacial score (nSPS) is 11.0. The largest absolute Gasteiger partial charge is 0.385 e. The van der Waals surface area contributed by atoms with Crippen LogP contribution in [0.2, 0.25) is 0 Å². The molecule has 4 rings (SSSR count). The van der Waals surface area contributed by atoms with Gasteiger partial charge < -0.3 is 4.74 Å². The lowest BCUT2D eigenvalue weighted by atomic mass is 9.98. The SMILES string of the molecule is COCCCc1cnc(-c2ccc3c(F)c(CCc4ccc(C#N)c(F)c4)ccc3c2)nc1. The van der Waals surface area contributed by atoms with E-state index in [0.29, 0.717) is 36.2 Å². The van der Waals surface area contributed by atoms with E-state index < -0.39 is 5.82 Å². The molecule has 0 spiro atoms. The van der Waals surface area contributed by atoms with Crippen LogP contribution in [-0.4, -0.2) is 23.7 Å². The van der Waals surface area contributed by atoms with E-state index in [1.165, 1.54) is 12.1 Å². The standard InChI is InChI=1S/C27H23F2N3O/c1-33-12-2-3-19-16-31-27(32-17-19)22-10-11-24-21(14-22)9-8-20(26(24)29)6-4-18-5-7-23(15-30)25(28)13-18/h5,7-11,13-14,16-17H,2-4,6,12H2,1H3. The highest BCUT2D eigenvalue weighted by Gasteiger charge is 2.11. The smallest absolute Gasteiger partial charge is 0.159 e. The number of benzene rings is 3. The Kier molecular flexibility index (Phi) is 7.01. The number of rotatable bonds is 8. The lowest BCUT2D eigenvalue weighted by Crippen LogP contribution is -1.98. The molecule has 0 bridgehead atoms. The van der Waals surface area contributed by atoms with Gasteiger partial charge in [0.15, 0.2) is 5.82 Å². The molecule has 0 radical (unpaired) electrons. The quantitative estimate of drug-likeness (QED) is 0.323. The average molecular weight is 443 g/mol. The van der Waals surface area contributed by atoms with Crippen molar-refractivity contribution < 1.29 is 13.5 Å². The van der Waals surface area contributed by atoms with Gasteiger partial charge in [0.2, 0.25) is 0 Å². The summed E-state index contributed by atoms with van der Waals surface area (Å²) in [5.74, 6) is -0.228. The number of nitriles is 1. The first-order chi connectivity index (χ1) is 16.1. The van der Waals surface area contributed by atoms with Crippen molar-refractivity contribution in [2.45, 2.75) is 25.7 Å². The van der Waals surface area contributed by atoms with Crippen LogP contribution in [0.15, 0.2) is 60.9 Å². The fraction of sp³-hybridized carbons (Fsp3) is 0.222. The van der Waals surface area contributed by atoms with Crippen molar-refractivity contribution >= 4 is 10.8 Å². The molecule has 0 fully saturated rings. The summed E-state index contributed by atoms with van der Waals surface area (Å²) in [6.07, 6.45) is 6.32. The van der Waals surface area contributed by atoms with Crippen molar-refractivity contribution in [3.8, 4) is 17.5 Å². The van der Waals surface area contributed by atoms with Crippen LogP contribution in [0.1, 0.15) is 28.7 Å². The fourth-order valence-electron chi connectivity index (χ4n) is 3.81. The van der Waals surface area contributed by atoms with Crippen LogP contribution in [0.4, 0.5) is 8.78 Å². The van der Waals surface area contributed by atoms with Crippen LogP contribution in [0, 0.1) is 23.0 Å². The molecule has 0 atom stereocenters. The van der Waals surface area contributed by atoms with Crippen LogP contribution in [0.5, 0.6) is 0 Å². The second-order valence-corrected chi connectivity index (χ2v) is 7.91. The lowest BCUT2D eigenvalue weighted by molar-refractivity contribution is 0.195. The number of aromatic nitrogens is 2. The molecule has 0 aliphatic heterocycles. The summed E-state index contributed by atoms with van der Waals surface area (Å²) in [7, 11) is 1.68. The van der Waals surface area contributed by atoms with Crippen molar-refractivity contribution in [1.82, 2.24) is 9.97 Å². The molecule has 0 amide bonds. The van der Waals surface area contributed by atoms with Crippen LogP contribution >= 0.6 is 0 Å². The third kappa shape index (κ3) is 5.21. The van der Waals surface area contributed by atoms with Crippen LogP contribution < -0.4 is 0 Å². The van der Waals surface area contributed by atoms with Gasteiger partial charge in [-0.1, -0.05) is 30.3 Å². The van der Waals surface area contributed by atoms with E-state index in [1.54, 1.807) is 31.4 Å². The number of halogens is 2. The van der Waals surface area contributed by atoms with Crippen molar-refractivity contribution in [2.24, 2.45) is 0 Å². The number of hydrogen-bond acceptors (Lipinski definition) is 4. The van der Waals surface area contributed by atoms with Gasteiger partial charge in [-0.3, -0.25) is 0 Å². The predicted molar refractivity (Wildman–Crippen MR) is 124 cm³/mol. The molecule has 6 heteroatoms. The monoisotopic (exact) mass is 443 g/mol. The third-order valence-electron chi connectivity index (χ3n) is 5.65. The number of fused-ring (bicyclic) bond motifs is 1. The summed E-state index contributed by atoms with van der Waals surface area (Å²) >= 11 is 0. The topological polar surface area (TPSA) is 58.8 Å². The van der Waals surface area contributed by atoms with Crippen molar-refractivity contribution in [2.75, 3.05) is 13.7 Å². The molecule has 4 aromatic rings. The Morgan fingerprint density at radius 2 is 1.73 bits per heavy atom. The molecule has 1 heterocycles. The molecule has 0 N–H and O–H groups in total. The van der Waals surface area contributed by atoms with Gasteiger partial charge in [-0.05, 0) is 66.0 Å². The molecule has 166 valence electrons. The maximum absolute atomic E-state index is 15.1. The van der Waals surface area contributed by atoms with E-state index in [9.17, 15) is 4.39 Å². The number of ether oxygens (including phenoxy) is 1. The van der Waals surface area contributed by atoms with Crippen molar-refractivity contribution in [1.29, 1.82) is 5.26 Å². The molecule has 0 saturated carbocycles. The molecule has 1 aromatic heterocycles. The molecule has 0 aliphatic carbocycles. The first kappa shape index (κ1) is 22.5. The van der Waals surface area contributed by atoms with E-state index in [0.717, 1.165) is 34.9 Å². The Bertz CT molecular complexity index is 1310. The van der Waals surface area contributed by atoms with Gasteiger partial charge in [0.1, 0.15) is 17.7 Å². The van der Waals surface area contributed by atoms with E-state index >= 15 is 4.39 Å². The lowest BCUT2D eigenvalue weighted by Gasteiger charge is -2.09. The molecule has 3 aromatic carbocycles. The third-order valence-corrected chi connectivity index (χ3v) is 5.65. The Hall–Kier alpha value is -3.69. The Morgan fingerprint density at radius 3 is 2.45 bits per heavy atom. The highest BCUT2D eigenvalue weighted by Crippen LogP contribution is 2.27. The van der Waals surface area contributed by atoms with Crippen molar-refractivity contribution in [3.05, 3.63) is 94.8 Å². The van der Waals surface area contributed by atoms with E-state index in [1.807, 2.05) is 30.6 Å². The highest BCUT2D eigenvalue weighted by atomic mass is 19.1. The maximum Gasteiger partial charge on any atom is 0.159 e. The summed E-state index contributed by atoms with van der Waals surface area (Å²) in [5, 5.41) is 10.1. The van der Waals surface area contributed by atoms with Crippen molar-refractivity contribution in [3.63, 3.8) is 0 Å². The van der Waals surface area contributed by atoms with Gasteiger partial charge in [0.25, 0.3) is 0 Å². The van der Waals surface area contributed by atoms with Gasteiger partial charge in [-0.15, -0.1) is 0 Å². The minimum atomic E-state index is -0.549. The molecule has 0 aliphatic rings. The zero-order chi connectivity index (χ0) is 23.2. The fourth-order valence-corrected chi connectivity index (χ4v) is 3.81. The Balaban J connectivity index is 1.50. The van der Waals surface area contributed by atoms with E-state index in [2.05, 4.69) is 9.97 Å². The summed E-state index contributed by atoms with van der Waals surface area (Å²) in [6.45, 7) is 0.699. The minimum Gasteiger partial charge on any atom is -0.385 e. The summed E-state index contributed by atoms with van der Waals surface area (Å²) < 4.78 is 34.0. The molecule has 4 nitrogen and oxygen atoms in total. The van der Waals surface area contributed by atoms with Gasteiger partial charge >= 0.3 is 0 Å². The number of hydrogen-bond donors (Lipinski definition) is 0. The Labute approximate surface area is 191 Å². The summed E-state index contributed by atoms with van der Waals surface area (Å²) in [6, 6.07) is 15.4. The van der Waals surface area contributed by atoms with Crippen LogP contribution in [0.25, 0.3) is 22.2 Å². The Morgan fingerprint density at radius 1 is 0.909 bits per heavy atom. The van der Waals surface area contributed by atoms with Gasteiger partial charge in [0, 0.05) is 37.1 Å². The highest BCUT2D eigenvalue weighted by molar-refractivity contribution is 5.87. The summed E-state index contributed by atoms with van der Waals surface area (Å²) in [5.41, 5.74) is 3.18. The number of aryl methyl sites for hydroxylation is 3. The maximum atomic E-state index is 15.1. The van der Waals surface area contributed by atoms with Crippen LogP contribution in [0.3, 0.4) is 0 Å². The predicted octanol–water partition coefficient (Wildman–Crippen LogP) is 5.81. The van der Waals surface area contributed by atoms with Gasteiger partial charge in [-0.25, -0.2) is 18.7 Å². The first-order valence-corrected chi connectivity index (χ1v) is 10.8. The molecule has 33 heavy (non-hydrogen) atoms. The average Bonchev–Trinajstić information content (AvgIpc) is 2.84. The second kappa shape index (κ2) is 10.3. The van der Waals surface area contributed by atoms with E-state index in [-0.39, 0.29) is 11.4 Å². The summed E-state index contributed by atoms with van der Waals surface area (Å²) in [4.78, 5) is 8.92. The molecule has 0 unspecified atom stereocenters. The van der Waals surface area contributed by atoms with Gasteiger partial charge in [0.05, 0.1) is 5.56 Å². The number of nitrogens with zero attached hydrogens (tertiary/aromatic N) is 3. The number of methoxy groups -OCH3 is 1. The minimum absolute atomic E-state index is 0.0103. The first-order valence-electron chi connectivity index (χ1n) is 10.8. The zero-order valence-corrected chi connectivity index (χ0v) is 18.3. The molecular weight excluding hydrogens is 420 g/mol. The molecule has 0 saturated heterocycles. The molecular formula is C27H23F2N3O. The van der Waals surface area contributed by atoms with Gasteiger partial charge in [-0.2, -0.15) is 5.26 Å². The second-order valence-electron chi connectivity index (χ2n) is 7.91. The van der Waals surface area contributed by atoms with E-state index in [4.69, 9.17) is 10.00 Å². The zero-order valence-electron chi connectivity index (χ0n) is 18.3. The van der Waals surface area contributed by atoms with Crippen LogP contribution in [-0.2, 0) is 24.0 Å².